The van der Waals surface area contributed by atoms with Crippen LogP contribution in [0.3, 0.4) is 0 Å². The molecule has 0 bridgehead atoms. The number of benzene rings is 2. The molecule has 0 spiro atoms. The van der Waals surface area contributed by atoms with Gasteiger partial charge in [-0.2, -0.15) is 0 Å². The lowest BCUT2D eigenvalue weighted by atomic mass is 10.0. The van der Waals surface area contributed by atoms with Crippen LogP contribution in [0.5, 0.6) is 5.75 Å². The molecule has 1 N–H and O–H groups in total. The van der Waals surface area contributed by atoms with E-state index in [-0.39, 0.29) is 12.1 Å². The van der Waals surface area contributed by atoms with Crippen molar-refractivity contribution in [1.29, 1.82) is 0 Å². The topological polar surface area (TPSA) is 50.5 Å². The summed E-state index contributed by atoms with van der Waals surface area (Å²) < 4.78 is 11.7. The van der Waals surface area contributed by atoms with Gasteiger partial charge >= 0.3 is 0 Å². The highest BCUT2D eigenvalue weighted by molar-refractivity contribution is 7.99. The van der Waals surface area contributed by atoms with E-state index in [0.29, 0.717) is 15.9 Å². The minimum Gasteiger partial charge on any atom is -0.495 e. The molecule has 1 saturated heterocycles. The Labute approximate surface area is 206 Å². The van der Waals surface area contributed by atoms with E-state index in [2.05, 4.69) is 22.4 Å². The van der Waals surface area contributed by atoms with E-state index in [9.17, 15) is 0 Å². The molecule has 0 aliphatic carbocycles. The van der Waals surface area contributed by atoms with Crippen molar-refractivity contribution in [2.45, 2.75) is 22.1 Å². The zero-order chi connectivity index (χ0) is 22.8. The molecule has 0 unspecified atom stereocenters. The SMILES string of the molecule is COc1ccc(N2C(=S)N[C@H](c3ccccn3)[C@@H]2c2ccc(Sc3ccccc3)o2)cc1Cl. The monoisotopic (exact) mass is 493 g/mol. The molecule has 2 atom stereocenters. The molecule has 33 heavy (non-hydrogen) atoms. The van der Waals surface area contributed by atoms with E-state index in [0.717, 1.165) is 27.1 Å². The maximum Gasteiger partial charge on any atom is 0.174 e. The zero-order valence-electron chi connectivity index (χ0n) is 17.6. The van der Waals surface area contributed by atoms with Crippen LogP contribution in [-0.2, 0) is 0 Å². The molecule has 0 saturated carbocycles. The minimum atomic E-state index is -0.248. The molecular formula is C25H20ClN3O2S2. The molecule has 8 heteroatoms. The summed E-state index contributed by atoms with van der Waals surface area (Å²) in [7, 11) is 1.59. The highest BCUT2D eigenvalue weighted by atomic mass is 35.5. The quantitative estimate of drug-likeness (QED) is 0.301. The van der Waals surface area contributed by atoms with Crippen molar-refractivity contribution in [2.75, 3.05) is 12.0 Å². The molecule has 1 aliphatic rings. The fraction of sp³-hybridized carbons (Fsp3) is 0.120. The molecule has 0 amide bonds. The lowest BCUT2D eigenvalue weighted by Gasteiger charge is -2.26. The van der Waals surface area contributed by atoms with Crippen LogP contribution >= 0.6 is 35.6 Å². The van der Waals surface area contributed by atoms with Gasteiger partial charge in [0.2, 0.25) is 0 Å². The molecule has 166 valence electrons. The maximum atomic E-state index is 6.44. The Morgan fingerprint density at radius 2 is 1.88 bits per heavy atom. The Balaban J connectivity index is 1.54. The number of hydrogen-bond acceptors (Lipinski definition) is 5. The predicted molar refractivity (Wildman–Crippen MR) is 135 cm³/mol. The van der Waals surface area contributed by atoms with Crippen LogP contribution in [0.1, 0.15) is 23.5 Å². The fourth-order valence-electron chi connectivity index (χ4n) is 3.88. The summed E-state index contributed by atoms with van der Waals surface area (Å²) in [4.78, 5) is 7.71. The van der Waals surface area contributed by atoms with Crippen molar-refractivity contribution in [3.8, 4) is 5.75 Å². The van der Waals surface area contributed by atoms with Crippen LogP contribution in [0.2, 0.25) is 5.02 Å². The third kappa shape index (κ3) is 4.44. The van der Waals surface area contributed by atoms with E-state index >= 15 is 0 Å². The Hall–Kier alpha value is -3.00. The first-order chi connectivity index (χ1) is 16.1. The predicted octanol–water partition coefficient (Wildman–Crippen LogP) is 6.66. The summed E-state index contributed by atoms with van der Waals surface area (Å²) in [5.41, 5.74) is 1.72. The van der Waals surface area contributed by atoms with Crippen LogP contribution < -0.4 is 15.0 Å². The van der Waals surface area contributed by atoms with E-state index in [4.69, 9.17) is 33.0 Å². The van der Waals surface area contributed by atoms with Gasteiger partial charge in [0.25, 0.3) is 0 Å². The Bertz CT molecular complexity index is 1270. The highest BCUT2D eigenvalue weighted by Crippen LogP contribution is 2.44. The second kappa shape index (κ2) is 9.47. The first-order valence-corrected chi connectivity index (χ1v) is 11.9. The van der Waals surface area contributed by atoms with Gasteiger partial charge in [0, 0.05) is 16.8 Å². The number of halogens is 1. The van der Waals surface area contributed by atoms with Gasteiger partial charge in [-0.25, -0.2) is 0 Å². The van der Waals surface area contributed by atoms with E-state index < -0.39 is 0 Å². The van der Waals surface area contributed by atoms with Gasteiger partial charge in [0.05, 0.1) is 23.9 Å². The Morgan fingerprint density at radius 3 is 2.61 bits per heavy atom. The van der Waals surface area contributed by atoms with Gasteiger partial charge in [-0.05, 0) is 66.8 Å². The van der Waals surface area contributed by atoms with Crippen LogP contribution in [0.25, 0.3) is 0 Å². The smallest absolute Gasteiger partial charge is 0.174 e. The summed E-state index contributed by atoms with van der Waals surface area (Å²) in [5, 5.41) is 5.32. The molecule has 4 aromatic rings. The van der Waals surface area contributed by atoms with Crippen molar-refractivity contribution in [1.82, 2.24) is 10.3 Å². The van der Waals surface area contributed by atoms with Gasteiger partial charge in [0.15, 0.2) is 10.2 Å². The number of nitrogens with one attached hydrogen (secondary N) is 1. The number of ether oxygens (including phenoxy) is 1. The zero-order valence-corrected chi connectivity index (χ0v) is 20.0. The van der Waals surface area contributed by atoms with Crippen molar-refractivity contribution < 1.29 is 9.15 Å². The molecule has 2 aromatic heterocycles. The largest absolute Gasteiger partial charge is 0.495 e. The average Bonchev–Trinajstić information content (AvgIpc) is 3.44. The summed E-state index contributed by atoms with van der Waals surface area (Å²) in [6.45, 7) is 0. The molecule has 5 nitrogen and oxygen atoms in total. The van der Waals surface area contributed by atoms with Crippen molar-refractivity contribution in [3.63, 3.8) is 0 Å². The number of rotatable bonds is 6. The van der Waals surface area contributed by atoms with E-state index in [1.165, 1.54) is 0 Å². The minimum absolute atomic E-state index is 0.194. The Morgan fingerprint density at radius 1 is 1.06 bits per heavy atom. The number of anilines is 1. The van der Waals surface area contributed by atoms with Gasteiger partial charge in [-0.15, -0.1) is 0 Å². The molecular weight excluding hydrogens is 474 g/mol. The van der Waals surface area contributed by atoms with Gasteiger partial charge < -0.3 is 19.4 Å². The normalized spacial score (nSPS) is 17.8. The third-order valence-electron chi connectivity index (χ3n) is 5.37. The number of furan rings is 1. The number of nitrogens with zero attached hydrogens (tertiary/aromatic N) is 2. The lowest BCUT2D eigenvalue weighted by Crippen LogP contribution is -2.29. The number of thiocarbonyl (C=S) groups is 1. The fourth-order valence-corrected chi connectivity index (χ4v) is 5.28. The first kappa shape index (κ1) is 21.8. The van der Waals surface area contributed by atoms with Crippen LogP contribution in [-0.4, -0.2) is 17.2 Å². The molecule has 3 heterocycles. The maximum absolute atomic E-state index is 6.44. The summed E-state index contributed by atoms with van der Waals surface area (Å²) >= 11 is 13.8. The lowest BCUT2D eigenvalue weighted by molar-refractivity contribution is 0.383. The van der Waals surface area contributed by atoms with Gasteiger partial charge in [-0.3, -0.25) is 4.98 Å². The van der Waals surface area contributed by atoms with Gasteiger partial charge in [-0.1, -0.05) is 47.6 Å². The van der Waals surface area contributed by atoms with Crippen molar-refractivity contribution in [2.24, 2.45) is 0 Å². The average molecular weight is 494 g/mol. The van der Waals surface area contributed by atoms with Gasteiger partial charge in [0.1, 0.15) is 17.6 Å². The summed E-state index contributed by atoms with van der Waals surface area (Å²) in [6.07, 6.45) is 1.78. The summed E-state index contributed by atoms with van der Waals surface area (Å²) in [5.74, 6) is 1.39. The second-order valence-electron chi connectivity index (χ2n) is 7.39. The molecule has 1 aliphatic heterocycles. The highest BCUT2D eigenvalue weighted by Gasteiger charge is 2.42. The van der Waals surface area contributed by atoms with Crippen molar-refractivity contribution >= 4 is 46.4 Å². The van der Waals surface area contributed by atoms with E-state index in [1.807, 2.05) is 71.6 Å². The number of aromatic nitrogens is 1. The third-order valence-corrected chi connectivity index (χ3v) is 6.91. The Kier molecular flexibility index (Phi) is 6.26. The number of hydrogen-bond donors (Lipinski definition) is 1. The summed E-state index contributed by atoms with van der Waals surface area (Å²) in [6, 6.07) is 25.2. The first-order valence-electron chi connectivity index (χ1n) is 10.3. The van der Waals surface area contributed by atoms with Crippen LogP contribution in [0, 0.1) is 0 Å². The standard InChI is InChI=1S/C25H20ClN3O2S2/c1-30-20-11-10-16(15-18(20)26)29-24(23(28-25(29)32)19-9-5-6-14-27-19)21-12-13-22(31-21)33-17-7-3-2-4-8-17/h2-15,23-24H,1H3,(H,28,32)/t23-,24+/m1/s1. The van der Waals surface area contributed by atoms with Crippen LogP contribution in [0.4, 0.5) is 5.69 Å². The second-order valence-corrected chi connectivity index (χ2v) is 9.26. The molecule has 5 rings (SSSR count). The van der Waals surface area contributed by atoms with E-state index in [1.54, 1.807) is 25.1 Å². The van der Waals surface area contributed by atoms with Crippen molar-refractivity contribution in [3.05, 3.63) is 102 Å². The number of pyridine rings is 1. The molecule has 0 radical (unpaired) electrons. The molecule has 1 fully saturated rings. The number of methoxy groups -OCH3 is 1. The molecule has 2 aromatic carbocycles. The van der Waals surface area contributed by atoms with Crippen LogP contribution in [0.15, 0.2) is 99.5 Å².